The summed E-state index contributed by atoms with van der Waals surface area (Å²) in [6.45, 7) is 3.25. The predicted octanol–water partition coefficient (Wildman–Crippen LogP) is 2.20. The van der Waals surface area contributed by atoms with Gasteiger partial charge in [-0.1, -0.05) is 6.07 Å². The van der Waals surface area contributed by atoms with Crippen LogP contribution in [-0.2, 0) is 6.54 Å². The first-order valence-electron chi connectivity index (χ1n) is 5.39. The molecule has 0 aromatic carbocycles. The van der Waals surface area contributed by atoms with Crippen molar-refractivity contribution in [2.24, 2.45) is 0 Å². The van der Waals surface area contributed by atoms with Crippen molar-refractivity contribution in [3.8, 4) is 0 Å². The van der Waals surface area contributed by atoms with Crippen LogP contribution in [0.5, 0.6) is 0 Å². The molecule has 2 aromatic heterocycles. The molecule has 0 unspecified atom stereocenters. The van der Waals surface area contributed by atoms with E-state index in [4.69, 9.17) is 0 Å². The van der Waals surface area contributed by atoms with Gasteiger partial charge in [-0.15, -0.1) is 11.3 Å². The summed E-state index contributed by atoms with van der Waals surface area (Å²) < 4.78 is 0. The van der Waals surface area contributed by atoms with Crippen LogP contribution in [0.25, 0.3) is 0 Å². The summed E-state index contributed by atoms with van der Waals surface area (Å²) in [6, 6.07) is 4.01. The minimum Gasteiger partial charge on any atom is -0.332 e. The highest BCUT2D eigenvalue weighted by atomic mass is 32.1. The zero-order valence-corrected chi connectivity index (χ0v) is 10.4. The van der Waals surface area contributed by atoms with Gasteiger partial charge in [-0.3, -0.25) is 9.78 Å². The number of amides is 1. The minimum atomic E-state index is -0.0750. The van der Waals surface area contributed by atoms with Crippen LogP contribution in [0.3, 0.4) is 0 Å². The summed E-state index contributed by atoms with van der Waals surface area (Å²) in [6.07, 6.45) is 4.60. The molecule has 0 aliphatic heterocycles. The van der Waals surface area contributed by atoms with Gasteiger partial charge < -0.3 is 4.90 Å². The second-order valence-corrected chi connectivity index (χ2v) is 4.52. The van der Waals surface area contributed by atoms with Gasteiger partial charge in [0.15, 0.2) is 0 Å². The Labute approximate surface area is 104 Å². The molecule has 2 heterocycles. The van der Waals surface area contributed by atoms with Crippen LogP contribution in [0.2, 0.25) is 0 Å². The average molecular weight is 247 g/mol. The molecule has 0 fully saturated rings. The van der Waals surface area contributed by atoms with Gasteiger partial charge in [0.1, 0.15) is 5.69 Å². The highest BCUT2D eigenvalue weighted by Crippen LogP contribution is 2.13. The zero-order chi connectivity index (χ0) is 12.1. The van der Waals surface area contributed by atoms with Crippen molar-refractivity contribution in [3.05, 3.63) is 46.7 Å². The maximum Gasteiger partial charge on any atom is 0.274 e. The SMILES string of the molecule is CCN(Cc1cccs1)C(=O)c1cnccn1. The quantitative estimate of drug-likeness (QED) is 0.832. The van der Waals surface area contributed by atoms with Gasteiger partial charge in [0.25, 0.3) is 5.91 Å². The molecule has 0 saturated carbocycles. The molecule has 0 aliphatic rings. The van der Waals surface area contributed by atoms with E-state index in [1.807, 2.05) is 24.4 Å². The van der Waals surface area contributed by atoms with E-state index in [0.717, 1.165) is 0 Å². The van der Waals surface area contributed by atoms with E-state index < -0.39 is 0 Å². The number of nitrogens with zero attached hydrogens (tertiary/aromatic N) is 3. The van der Waals surface area contributed by atoms with Crippen molar-refractivity contribution in [1.29, 1.82) is 0 Å². The lowest BCUT2D eigenvalue weighted by molar-refractivity contribution is 0.0748. The summed E-state index contributed by atoms with van der Waals surface area (Å²) in [5.74, 6) is -0.0750. The number of aromatic nitrogens is 2. The second kappa shape index (κ2) is 5.54. The smallest absolute Gasteiger partial charge is 0.274 e. The number of hydrogen-bond acceptors (Lipinski definition) is 4. The summed E-state index contributed by atoms with van der Waals surface area (Å²) in [5.41, 5.74) is 0.394. The van der Waals surface area contributed by atoms with Crippen molar-refractivity contribution >= 4 is 17.2 Å². The van der Waals surface area contributed by atoms with E-state index in [9.17, 15) is 4.79 Å². The Morgan fingerprint density at radius 1 is 1.47 bits per heavy atom. The lowest BCUT2D eigenvalue weighted by Gasteiger charge is -2.19. The number of hydrogen-bond donors (Lipinski definition) is 0. The fourth-order valence-electron chi connectivity index (χ4n) is 1.49. The molecular weight excluding hydrogens is 234 g/mol. The Balaban J connectivity index is 2.11. The molecule has 5 heteroatoms. The molecule has 0 aliphatic carbocycles. The van der Waals surface area contributed by atoms with Gasteiger partial charge in [0, 0.05) is 23.8 Å². The van der Waals surface area contributed by atoms with E-state index in [-0.39, 0.29) is 5.91 Å². The Morgan fingerprint density at radius 2 is 2.35 bits per heavy atom. The largest absolute Gasteiger partial charge is 0.332 e. The molecule has 17 heavy (non-hydrogen) atoms. The monoisotopic (exact) mass is 247 g/mol. The number of rotatable bonds is 4. The molecule has 2 rings (SSSR count). The Bertz CT molecular complexity index is 470. The molecular formula is C12H13N3OS. The van der Waals surface area contributed by atoms with E-state index >= 15 is 0 Å². The summed E-state index contributed by atoms with van der Waals surface area (Å²) in [4.78, 5) is 23.0. The van der Waals surface area contributed by atoms with Crippen LogP contribution < -0.4 is 0 Å². The van der Waals surface area contributed by atoms with Crippen LogP contribution in [-0.4, -0.2) is 27.3 Å². The summed E-state index contributed by atoms with van der Waals surface area (Å²) in [5, 5.41) is 2.01. The third-order valence-electron chi connectivity index (χ3n) is 2.38. The van der Waals surface area contributed by atoms with Gasteiger partial charge >= 0.3 is 0 Å². The minimum absolute atomic E-state index is 0.0750. The van der Waals surface area contributed by atoms with E-state index in [0.29, 0.717) is 18.8 Å². The molecule has 1 amide bonds. The van der Waals surface area contributed by atoms with Crippen LogP contribution >= 0.6 is 11.3 Å². The van der Waals surface area contributed by atoms with Gasteiger partial charge in [-0.05, 0) is 18.4 Å². The molecule has 0 bridgehead atoms. The molecule has 0 atom stereocenters. The molecule has 88 valence electrons. The molecule has 2 aromatic rings. The molecule has 0 spiro atoms. The third-order valence-corrected chi connectivity index (χ3v) is 3.24. The lowest BCUT2D eigenvalue weighted by atomic mass is 10.3. The van der Waals surface area contributed by atoms with E-state index in [1.54, 1.807) is 22.4 Å². The summed E-state index contributed by atoms with van der Waals surface area (Å²) in [7, 11) is 0. The van der Waals surface area contributed by atoms with Gasteiger partial charge in [0.05, 0.1) is 12.7 Å². The fraction of sp³-hybridized carbons (Fsp3) is 0.250. The molecule has 4 nitrogen and oxygen atoms in total. The first-order chi connectivity index (χ1) is 8.31. The highest BCUT2D eigenvalue weighted by molar-refractivity contribution is 7.09. The first-order valence-corrected chi connectivity index (χ1v) is 6.27. The van der Waals surface area contributed by atoms with Crippen molar-refractivity contribution < 1.29 is 4.79 Å². The first kappa shape index (κ1) is 11.7. The number of carbonyl (C=O) groups is 1. The maximum absolute atomic E-state index is 12.1. The van der Waals surface area contributed by atoms with E-state index in [1.165, 1.54) is 17.3 Å². The maximum atomic E-state index is 12.1. The third kappa shape index (κ3) is 2.88. The lowest BCUT2D eigenvalue weighted by Crippen LogP contribution is -2.30. The zero-order valence-electron chi connectivity index (χ0n) is 9.54. The van der Waals surface area contributed by atoms with Crippen molar-refractivity contribution in [3.63, 3.8) is 0 Å². The second-order valence-electron chi connectivity index (χ2n) is 3.49. The topological polar surface area (TPSA) is 46.1 Å². The molecule has 0 saturated heterocycles. The van der Waals surface area contributed by atoms with Crippen molar-refractivity contribution in [2.45, 2.75) is 13.5 Å². The molecule has 0 N–H and O–H groups in total. The van der Waals surface area contributed by atoms with Gasteiger partial charge in [-0.2, -0.15) is 0 Å². The standard InChI is InChI=1S/C12H13N3OS/c1-2-15(9-10-4-3-7-17-10)12(16)11-8-13-5-6-14-11/h3-8H,2,9H2,1H3. The van der Waals surface area contributed by atoms with E-state index in [2.05, 4.69) is 9.97 Å². The van der Waals surface area contributed by atoms with Crippen LogP contribution in [0.1, 0.15) is 22.3 Å². The average Bonchev–Trinajstić information content (AvgIpc) is 2.89. The predicted molar refractivity (Wildman–Crippen MR) is 66.8 cm³/mol. The van der Waals surface area contributed by atoms with Crippen LogP contribution in [0, 0.1) is 0 Å². The van der Waals surface area contributed by atoms with Gasteiger partial charge in [0.2, 0.25) is 0 Å². The normalized spacial score (nSPS) is 10.2. The Morgan fingerprint density at radius 3 is 2.94 bits per heavy atom. The Kier molecular flexibility index (Phi) is 3.82. The van der Waals surface area contributed by atoms with Crippen LogP contribution in [0.4, 0.5) is 0 Å². The number of carbonyl (C=O) groups excluding carboxylic acids is 1. The van der Waals surface area contributed by atoms with Crippen LogP contribution in [0.15, 0.2) is 36.1 Å². The van der Waals surface area contributed by atoms with Gasteiger partial charge in [-0.25, -0.2) is 4.98 Å². The summed E-state index contributed by atoms with van der Waals surface area (Å²) >= 11 is 1.65. The number of thiophene rings is 1. The molecule has 0 radical (unpaired) electrons. The van der Waals surface area contributed by atoms with Crippen molar-refractivity contribution in [2.75, 3.05) is 6.54 Å². The van der Waals surface area contributed by atoms with Crippen molar-refractivity contribution in [1.82, 2.24) is 14.9 Å². The Hall–Kier alpha value is -1.75. The highest BCUT2D eigenvalue weighted by Gasteiger charge is 2.15. The fourth-order valence-corrected chi connectivity index (χ4v) is 2.21.